The summed E-state index contributed by atoms with van der Waals surface area (Å²) in [5.74, 6) is 0. The fourth-order valence-electron chi connectivity index (χ4n) is 1.75. The maximum Gasteiger partial charge on any atom is 0.0921 e. The molecule has 0 aliphatic heterocycles. The van der Waals surface area contributed by atoms with Crippen molar-refractivity contribution in [2.75, 3.05) is 0 Å². The zero-order chi connectivity index (χ0) is 14.3. The molecule has 0 atom stereocenters. The first-order valence-corrected chi connectivity index (χ1v) is 7.19. The Hall–Kier alpha value is -2.80. The Labute approximate surface area is 125 Å². The third-order valence-corrected chi connectivity index (χ3v) is 3.27. The van der Waals surface area contributed by atoms with Crippen LogP contribution in [0.25, 0.3) is 11.4 Å². The minimum absolute atomic E-state index is 0.908. The van der Waals surface area contributed by atoms with E-state index in [-0.39, 0.29) is 0 Å². The Balaban J connectivity index is 0.000000225. The molecule has 3 heterocycles. The Kier molecular flexibility index (Phi) is 4.13. The monoisotopic (exact) mass is 296 g/mol. The smallest absolute Gasteiger partial charge is 0.0921 e. The molecule has 104 valence electrons. The van der Waals surface area contributed by atoms with E-state index >= 15 is 0 Å². The molecule has 0 saturated heterocycles. The fourth-order valence-corrected chi connectivity index (χ4v) is 2.21. The third-order valence-electron chi connectivity index (χ3n) is 2.65. The van der Waals surface area contributed by atoms with Crippen LogP contribution in [0.4, 0.5) is 0 Å². The van der Waals surface area contributed by atoms with Crippen LogP contribution in [0.2, 0.25) is 0 Å². The second-order valence-electron chi connectivity index (χ2n) is 3.98. The van der Waals surface area contributed by atoms with E-state index in [2.05, 4.69) is 20.6 Å². The second kappa shape index (κ2) is 6.58. The predicted octanol–water partition coefficient (Wildman–Crippen LogP) is 2.60. The number of thiophene rings is 1. The van der Waals surface area contributed by atoms with E-state index in [0.29, 0.717) is 0 Å². The summed E-state index contributed by atoms with van der Waals surface area (Å²) in [5.41, 5.74) is 1.82. The zero-order valence-electron chi connectivity index (χ0n) is 11.0. The van der Waals surface area contributed by atoms with Crippen LogP contribution in [0, 0.1) is 0 Å². The lowest BCUT2D eigenvalue weighted by Gasteiger charge is -2.07. The average molecular weight is 296 g/mol. The lowest BCUT2D eigenvalue weighted by atomic mass is 10.2. The number of benzene rings is 1. The lowest BCUT2D eigenvalue weighted by molar-refractivity contribution is 0.761. The molecule has 1 aromatic carbocycles. The molecule has 6 nitrogen and oxygen atoms in total. The number of aromatic nitrogens is 6. The molecule has 21 heavy (non-hydrogen) atoms. The topological polar surface area (TPSA) is 61.4 Å². The van der Waals surface area contributed by atoms with E-state index in [1.54, 1.807) is 45.5 Å². The summed E-state index contributed by atoms with van der Waals surface area (Å²) in [6.07, 6.45) is 6.85. The quantitative estimate of drug-likeness (QED) is 0.570. The van der Waals surface area contributed by atoms with Crippen molar-refractivity contribution in [1.29, 1.82) is 0 Å². The van der Waals surface area contributed by atoms with E-state index in [9.17, 15) is 0 Å². The molecular weight excluding hydrogens is 284 g/mol. The summed E-state index contributed by atoms with van der Waals surface area (Å²) in [4.78, 5) is 0. The Morgan fingerprint density at radius 3 is 1.57 bits per heavy atom. The van der Waals surface area contributed by atoms with Gasteiger partial charge in [-0.2, -0.15) is 11.3 Å². The molecule has 0 bridgehead atoms. The van der Waals surface area contributed by atoms with Crippen molar-refractivity contribution in [2.24, 2.45) is 0 Å². The van der Waals surface area contributed by atoms with Gasteiger partial charge in [-0.3, -0.25) is 0 Å². The van der Waals surface area contributed by atoms with Gasteiger partial charge in [0.1, 0.15) is 0 Å². The average Bonchev–Trinajstić information content (AvgIpc) is 3.32. The molecule has 0 spiro atoms. The molecule has 0 unspecified atom stereocenters. The summed E-state index contributed by atoms with van der Waals surface area (Å²) in [7, 11) is 0. The van der Waals surface area contributed by atoms with Gasteiger partial charge in [0, 0.05) is 0 Å². The Bertz CT molecular complexity index is 676. The summed E-state index contributed by atoms with van der Waals surface area (Å²) in [6, 6.07) is 11.8. The number of hydrogen-bond donors (Lipinski definition) is 0. The first-order chi connectivity index (χ1) is 10.4. The van der Waals surface area contributed by atoms with E-state index in [0.717, 1.165) is 11.4 Å². The van der Waals surface area contributed by atoms with Crippen LogP contribution < -0.4 is 0 Å². The minimum Gasteiger partial charge on any atom is -0.219 e. The van der Waals surface area contributed by atoms with Crippen LogP contribution >= 0.6 is 11.3 Å². The predicted molar refractivity (Wildman–Crippen MR) is 80.6 cm³/mol. The van der Waals surface area contributed by atoms with E-state index in [1.165, 1.54) is 0 Å². The molecule has 7 heteroatoms. The molecule has 0 N–H and O–H groups in total. The van der Waals surface area contributed by atoms with Gasteiger partial charge in [0.15, 0.2) is 0 Å². The van der Waals surface area contributed by atoms with Crippen molar-refractivity contribution in [2.45, 2.75) is 0 Å². The first kappa shape index (κ1) is 13.2. The first-order valence-electron chi connectivity index (χ1n) is 6.25. The number of nitrogens with zero attached hydrogens (tertiary/aromatic N) is 6. The Morgan fingerprint density at radius 2 is 1.24 bits per heavy atom. The zero-order valence-corrected chi connectivity index (χ0v) is 11.8. The third kappa shape index (κ3) is 3.21. The highest BCUT2D eigenvalue weighted by Gasteiger charge is 2.06. The molecule has 0 radical (unpaired) electrons. The molecule has 0 amide bonds. The van der Waals surface area contributed by atoms with Crippen LogP contribution in [0.5, 0.6) is 0 Å². The van der Waals surface area contributed by atoms with Gasteiger partial charge < -0.3 is 0 Å². The van der Waals surface area contributed by atoms with Crippen molar-refractivity contribution in [3.8, 4) is 11.4 Å². The minimum atomic E-state index is 0.908. The van der Waals surface area contributed by atoms with Crippen molar-refractivity contribution >= 4 is 11.3 Å². The number of rotatable bonds is 2. The van der Waals surface area contributed by atoms with Crippen molar-refractivity contribution < 1.29 is 0 Å². The summed E-state index contributed by atoms with van der Waals surface area (Å²) in [6.45, 7) is 0. The van der Waals surface area contributed by atoms with Gasteiger partial charge in [-0.15, -0.1) is 10.2 Å². The van der Waals surface area contributed by atoms with Crippen LogP contribution in [0.15, 0.2) is 71.9 Å². The highest BCUT2D eigenvalue weighted by atomic mass is 32.1. The molecule has 0 aliphatic carbocycles. The summed E-state index contributed by atoms with van der Waals surface area (Å²) >= 11 is 1.71. The molecule has 0 fully saturated rings. The van der Waals surface area contributed by atoms with Gasteiger partial charge >= 0.3 is 0 Å². The second-order valence-corrected chi connectivity index (χ2v) is 4.79. The van der Waals surface area contributed by atoms with Crippen molar-refractivity contribution in [1.82, 2.24) is 30.0 Å². The molecule has 0 saturated carbocycles. The largest absolute Gasteiger partial charge is 0.219 e. The van der Waals surface area contributed by atoms with Gasteiger partial charge in [0.2, 0.25) is 0 Å². The highest BCUT2D eigenvalue weighted by Crippen LogP contribution is 2.16. The van der Waals surface area contributed by atoms with E-state index in [4.69, 9.17) is 0 Å². The highest BCUT2D eigenvalue weighted by molar-refractivity contribution is 7.07. The van der Waals surface area contributed by atoms with Gasteiger partial charge in [0.25, 0.3) is 0 Å². The van der Waals surface area contributed by atoms with E-state index < -0.39 is 0 Å². The Morgan fingerprint density at radius 1 is 0.714 bits per heavy atom. The van der Waals surface area contributed by atoms with Gasteiger partial charge in [0.05, 0.1) is 36.2 Å². The van der Waals surface area contributed by atoms with Crippen LogP contribution in [-0.2, 0) is 0 Å². The lowest BCUT2D eigenvalue weighted by Crippen LogP contribution is -2.04. The van der Waals surface area contributed by atoms with Crippen LogP contribution in [0.1, 0.15) is 0 Å². The molecule has 4 rings (SSSR count). The van der Waals surface area contributed by atoms with Gasteiger partial charge in [-0.25, -0.2) is 9.36 Å². The van der Waals surface area contributed by atoms with Gasteiger partial charge in [-0.05, 0) is 22.9 Å². The molecule has 3 aromatic heterocycles. The van der Waals surface area contributed by atoms with Gasteiger partial charge in [-0.1, -0.05) is 34.7 Å². The van der Waals surface area contributed by atoms with Crippen LogP contribution in [0.3, 0.4) is 0 Å². The normalized spacial score (nSPS) is 9.90. The molecular formula is C14H12N6S. The standard InChI is InChI=1S/C10H8N6.C4H4S/c1-2-4-10(16-8-6-12-14-16)9(3-1)15-7-5-11-13-15;1-2-4-5-3-1/h1-8H;1-4H. The maximum absolute atomic E-state index is 3.96. The van der Waals surface area contributed by atoms with Crippen molar-refractivity contribution in [3.05, 3.63) is 71.9 Å². The molecule has 4 aromatic rings. The summed E-state index contributed by atoms with van der Waals surface area (Å²) in [5, 5.41) is 19.6. The molecule has 0 aliphatic rings. The van der Waals surface area contributed by atoms with Crippen molar-refractivity contribution in [3.63, 3.8) is 0 Å². The number of para-hydroxylation sites is 2. The summed E-state index contributed by atoms with van der Waals surface area (Å²) < 4.78 is 3.38. The fraction of sp³-hybridized carbons (Fsp3) is 0. The maximum atomic E-state index is 3.96. The number of hydrogen-bond acceptors (Lipinski definition) is 5. The van der Waals surface area contributed by atoms with E-state index in [1.807, 2.05) is 47.2 Å². The SMILES string of the molecule is c1ccc(-n2ccnn2)c(-n2ccnn2)c1.c1ccsc1. The van der Waals surface area contributed by atoms with Crippen LogP contribution in [-0.4, -0.2) is 30.0 Å².